The molecule has 0 saturated heterocycles. The van der Waals surface area contributed by atoms with E-state index in [1.165, 1.54) is 10.4 Å². The summed E-state index contributed by atoms with van der Waals surface area (Å²) in [6.45, 7) is 4.86. The number of hydrogen-bond acceptors (Lipinski definition) is 3. The fraction of sp³-hybridized carbons (Fsp3) is 0.267. The molecular formula is C15H17NO2S. The number of carboxylic acids is 1. The van der Waals surface area contributed by atoms with E-state index in [1.54, 1.807) is 23.5 Å². The van der Waals surface area contributed by atoms with E-state index in [2.05, 4.69) is 23.7 Å². The fourth-order valence-corrected chi connectivity index (χ4v) is 2.92. The third-order valence-corrected chi connectivity index (χ3v) is 4.09. The van der Waals surface area contributed by atoms with Gasteiger partial charge in [0.1, 0.15) is 0 Å². The number of anilines is 1. The van der Waals surface area contributed by atoms with Gasteiger partial charge in [0.15, 0.2) is 0 Å². The Labute approximate surface area is 116 Å². The summed E-state index contributed by atoms with van der Waals surface area (Å²) < 4.78 is 0. The highest BCUT2D eigenvalue weighted by molar-refractivity contribution is 7.10. The molecule has 0 saturated carbocycles. The average Bonchev–Trinajstić information content (AvgIpc) is 2.84. The number of aryl methyl sites for hydroxylation is 2. The molecule has 1 aromatic heterocycles. The first-order valence-corrected chi connectivity index (χ1v) is 7.13. The summed E-state index contributed by atoms with van der Waals surface area (Å²) in [7, 11) is 0. The minimum atomic E-state index is -0.888. The first kappa shape index (κ1) is 13.6. The van der Waals surface area contributed by atoms with Gasteiger partial charge in [-0.3, -0.25) is 0 Å². The van der Waals surface area contributed by atoms with Crippen LogP contribution in [0.5, 0.6) is 0 Å². The zero-order valence-corrected chi connectivity index (χ0v) is 11.9. The molecule has 0 aliphatic heterocycles. The van der Waals surface area contributed by atoms with Crippen LogP contribution < -0.4 is 5.32 Å². The van der Waals surface area contributed by atoms with Crippen molar-refractivity contribution in [3.63, 3.8) is 0 Å². The molecule has 0 aliphatic carbocycles. The Morgan fingerprint density at radius 1 is 1.37 bits per heavy atom. The zero-order valence-electron chi connectivity index (χ0n) is 11.1. The summed E-state index contributed by atoms with van der Waals surface area (Å²) in [5.74, 6) is -0.888. The first-order chi connectivity index (χ1) is 9.11. The van der Waals surface area contributed by atoms with Crippen LogP contribution in [0.1, 0.15) is 33.3 Å². The molecule has 19 heavy (non-hydrogen) atoms. The minimum Gasteiger partial charge on any atom is -0.478 e. The van der Waals surface area contributed by atoms with Crippen LogP contribution in [0, 0.1) is 6.92 Å². The van der Waals surface area contributed by atoms with Crippen molar-refractivity contribution >= 4 is 23.0 Å². The lowest BCUT2D eigenvalue weighted by molar-refractivity contribution is 0.0697. The third kappa shape index (κ3) is 3.15. The van der Waals surface area contributed by atoms with Gasteiger partial charge in [0.05, 0.1) is 5.56 Å². The van der Waals surface area contributed by atoms with Gasteiger partial charge in [0.2, 0.25) is 0 Å². The van der Waals surface area contributed by atoms with Crippen LogP contribution in [0.3, 0.4) is 0 Å². The molecule has 2 rings (SSSR count). The molecule has 0 radical (unpaired) electrons. The molecule has 0 aliphatic rings. The fourth-order valence-electron chi connectivity index (χ4n) is 2.01. The van der Waals surface area contributed by atoms with Crippen molar-refractivity contribution in [2.45, 2.75) is 26.8 Å². The Bertz CT molecular complexity index is 590. The van der Waals surface area contributed by atoms with Crippen molar-refractivity contribution in [3.8, 4) is 0 Å². The summed E-state index contributed by atoms with van der Waals surface area (Å²) >= 11 is 1.75. The second-order valence-electron chi connectivity index (χ2n) is 4.41. The predicted octanol–water partition coefficient (Wildman–Crippen LogP) is 3.93. The molecule has 0 atom stereocenters. The number of hydrogen-bond donors (Lipinski definition) is 2. The van der Waals surface area contributed by atoms with Gasteiger partial charge in [-0.25, -0.2) is 4.79 Å². The minimum absolute atomic E-state index is 0.327. The van der Waals surface area contributed by atoms with Gasteiger partial charge in [-0.1, -0.05) is 6.92 Å². The van der Waals surface area contributed by atoms with Crippen LogP contribution in [0.2, 0.25) is 0 Å². The molecule has 0 bridgehead atoms. The van der Waals surface area contributed by atoms with E-state index in [0.29, 0.717) is 5.56 Å². The van der Waals surface area contributed by atoms with Gasteiger partial charge in [-0.15, -0.1) is 11.3 Å². The predicted molar refractivity (Wildman–Crippen MR) is 79.2 cm³/mol. The normalized spacial score (nSPS) is 10.4. The Kier molecular flexibility index (Phi) is 4.22. The number of carbonyl (C=O) groups is 1. The monoisotopic (exact) mass is 275 g/mol. The van der Waals surface area contributed by atoms with Crippen LogP contribution in [-0.2, 0) is 13.0 Å². The smallest absolute Gasteiger partial charge is 0.335 e. The molecular weight excluding hydrogens is 258 g/mol. The van der Waals surface area contributed by atoms with Crippen LogP contribution in [0.15, 0.2) is 29.6 Å². The van der Waals surface area contributed by atoms with Crippen molar-refractivity contribution in [2.24, 2.45) is 0 Å². The molecule has 0 spiro atoms. The molecule has 0 amide bonds. The van der Waals surface area contributed by atoms with Crippen LogP contribution >= 0.6 is 11.3 Å². The van der Waals surface area contributed by atoms with E-state index >= 15 is 0 Å². The quantitative estimate of drug-likeness (QED) is 0.869. The molecule has 0 fully saturated rings. The average molecular weight is 275 g/mol. The van der Waals surface area contributed by atoms with Gasteiger partial charge >= 0.3 is 5.97 Å². The number of nitrogens with one attached hydrogen (secondary N) is 1. The van der Waals surface area contributed by atoms with Crippen molar-refractivity contribution < 1.29 is 9.90 Å². The topological polar surface area (TPSA) is 49.3 Å². The highest BCUT2D eigenvalue weighted by Gasteiger charge is 2.07. The SMILES string of the molecule is CCc1ccsc1CNc1ccc(C(=O)O)cc1C. The maximum Gasteiger partial charge on any atom is 0.335 e. The lowest BCUT2D eigenvalue weighted by Gasteiger charge is -2.10. The van der Waals surface area contributed by atoms with E-state index < -0.39 is 5.97 Å². The maximum absolute atomic E-state index is 10.9. The summed E-state index contributed by atoms with van der Waals surface area (Å²) in [5.41, 5.74) is 3.64. The standard InChI is InChI=1S/C15H17NO2S/c1-3-11-6-7-19-14(11)9-16-13-5-4-12(15(17)18)8-10(13)2/h4-8,16H,3,9H2,1-2H3,(H,17,18). The van der Waals surface area contributed by atoms with Crippen LogP contribution in [-0.4, -0.2) is 11.1 Å². The molecule has 4 heteroatoms. The van der Waals surface area contributed by atoms with Crippen molar-refractivity contribution in [2.75, 3.05) is 5.32 Å². The number of benzene rings is 1. The summed E-state index contributed by atoms with van der Waals surface area (Å²) in [6.07, 6.45) is 1.04. The largest absolute Gasteiger partial charge is 0.478 e. The molecule has 1 aromatic carbocycles. The number of carboxylic acid groups (broad SMARTS) is 1. The van der Waals surface area contributed by atoms with Crippen molar-refractivity contribution in [1.29, 1.82) is 0 Å². The molecule has 1 heterocycles. The zero-order chi connectivity index (χ0) is 13.8. The lowest BCUT2D eigenvalue weighted by atomic mass is 10.1. The molecule has 0 unspecified atom stereocenters. The van der Waals surface area contributed by atoms with Gasteiger partial charge in [-0.05, 0) is 54.1 Å². The van der Waals surface area contributed by atoms with E-state index in [1.807, 2.05) is 13.0 Å². The number of thiophene rings is 1. The Hall–Kier alpha value is -1.81. The van der Waals surface area contributed by atoms with Crippen LogP contribution in [0.25, 0.3) is 0 Å². The first-order valence-electron chi connectivity index (χ1n) is 6.25. The van der Waals surface area contributed by atoms with Crippen molar-refractivity contribution in [3.05, 3.63) is 51.2 Å². The Balaban J connectivity index is 2.10. The number of rotatable bonds is 5. The second-order valence-corrected chi connectivity index (χ2v) is 5.41. The highest BCUT2D eigenvalue weighted by Crippen LogP contribution is 2.21. The Morgan fingerprint density at radius 2 is 2.16 bits per heavy atom. The summed E-state index contributed by atoms with van der Waals surface area (Å²) in [6, 6.07) is 7.31. The molecule has 100 valence electrons. The molecule has 2 aromatic rings. The molecule has 2 N–H and O–H groups in total. The van der Waals surface area contributed by atoms with Gasteiger partial charge in [0.25, 0.3) is 0 Å². The van der Waals surface area contributed by atoms with E-state index in [4.69, 9.17) is 5.11 Å². The van der Waals surface area contributed by atoms with Gasteiger partial charge in [-0.2, -0.15) is 0 Å². The maximum atomic E-state index is 10.9. The van der Waals surface area contributed by atoms with E-state index in [9.17, 15) is 4.79 Å². The number of aromatic carboxylic acids is 1. The Morgan fingerprint density at radius 3 is 2.79 bits per heavy atom. The highest BCUT2D eigenvalue weighted by atomic mass is 32.1. The van der Waals surface area contributed by atoms with E-state index in [0.717, 1.165) is 24.2 Å². The van der Waals surface area contributed by atoms with E-state index in [-0.39, 0.29) is 0 Å². The van der Waals surface area contributed by atoms with Crippen LogP contribution in [0.4, 0.5) is 5.69 Å². The second kappa shape index (κ2) is 5.89. The molecule has 3 nitrogen and oxygen atoms in total. The van der Waals surface area contributed by atoms with Crippen molar-refractivity contribution in [1.82, 2.24) is 0 Å². The van der Waals surface area contributed by atoms with Gasteiger partial charge < -0.3 is 10.4 Å². The summed E-state index contributed by atoms with van der Waals surface area (Å²) in [4.78, 5) is 12.2. The third-order valence-electron chi connectivity index (χ3n) is 3.13. The summed E-state index contributed by atoms with van der Waals surface area (Å²) in [5, 5.41) is 14.4. The van der Waals surface area contributed by atoms with Gasteiger partial charge in [0, 0.05) is 17.1 Å². The lowest BCUT2D eigenvalue weighted by Crippen LogP contribution is -2.03.